The van der Waals surface area contributed by atoms with Crippen LogP contribution in [0.5, 0.6) is 11.5 Å². The molecule has 0 saturated heterocycles. The zero-order valence-corrected chi connectivity index (χ0v) is 17.7. The standard InChI is InChI=1S/C22H21BrN2O4/c1-3-28-20-17(23)11-14(12-19(20)27-2)21-24-18-9-5-4-8-16(18)22(26)25(21)13-15-7-6-10-29-15/h4-12,21,24H,3,13H2,1-2H3. The number of para-hydroxylation sites is 1. The maximum absolute atomic E-state index is 13.3. The van der Waals surface area contributed by atoms with Crippen molar-refractivity contribution in [2.75, 3.05) is 19.0 Å². The van der Waals surface area contributed by atoms with Crippen LogP contribution in [0, 0.1) is 0 Å². The van der Waals surface area contributed by atoms with E-state index >= 15 is 0 Å². The number of rotatable bonds is 6. The number of carbonyl (C=O) groups excluding carboxylic acids is 1. The monoisotopic (exact) mass is 456 g/mol. The number of nitrogens with one attached hydrogen (secondary N) is 1. The Morgan fingerprint density at radius 2 is 2.03 bits per heavy atom. The summed E-state index contributed by atoms with van der Waals surface area (Å²) in [4.78, 5) is 15.1. The fourth-order valence-electron chi connectivity index (χ4n) is 3.47. The quantitative estimate of drug-likeness (QED) is 0.550. The predicted molar refractivity (Wildman–Crippen MR) is 113 cm³/mol. The lowest BCUT2D eigenvalue weighted by Gasteiger charge is -2.38. The molecule has 0 spiro atoms. The molecule has 150 valence electrons. The van der Waals surface area contributed by atoms with E-state index in [9.17, 15) is 4.79 Å². The number of nitrogens with zero attached hydrogens (tertiary/aromatic N) is 1. The summed E-state index contributed by atoms with van der Waals surface area (Å²) >= 11 is 3.58. The fourth-order valence-corrected chi connectivity index (χ4v) is 4.05. The molecular weight excluding hydrogens is 436 g/mol. The van der Waals surface area contributed by atoms with Crippen LogP contribution in [0.15, 0.2) is 63.7 Å². The maximum Gasteiger partial charge on any atom is 0.258 e. The summed E-state index contributed by atoms with van der Waals surface area (Å²) < 4.78 is 17.5. The average molecular weight is 457 g/mol. The number of furan rings is 1. The van der Waals surface area contributed by atoms with Gasteiger partial charge in [0, 0.05) is 5.69 Å². The highest BCUT2D eigenvalue weighted by Crippen LogP contribution is 2.41. The highest BCUT2D eigenvalue weighted by atomic mass is 79.9. The Balaban J connectivity index is 1.79. The van der Waals surface area contributed by atoms with Gasteiger partial charge >= 0.3 is 0 Å². The van der Waals surface area contributed by atoms with Crippen LogP contribution in [0.1, 0.15) is 34.8 Å². The first kappa shape index (κ1) is 19.4. The molecule has 6 nitrogen and oxygen atoms in total. The van der Waals surface area contributed by atoms with Gasteiger partial charge in [-0.3, -0.25) is 4.79 Å². The summed E-state index contributed by atoms with van der Waals surface area (Å²) in [6.07, 6.45) is 1.21. The number of methoxy groups -OCH3 is 1. The summed E-state index contributed by atoms with van der Waals surface area (Å²) in [7, 11) is 1.60. The molecule has 3 aromatic rings. The van der Waals surface area contributed by atoms with Gasteiger partial charge in [-0.15, -0.1) is 0 Å². The number of ether oxygens (including phenoxy) is 2. The number of halogens is 1. The van der Waals surface area contributed by atoms with E-state index in [0.717, 1.165) is 15.7 Å². The smallest absolute Gasteiger partial charge is 0.258 e. The van der Waals surface area contributed by atoms with Crippen molar-refractivity contribution in [3.63, 3.8) is 0 Å². The van der Waals surface area contributed by atoms with Crippen LogP contribution in [0.3, 0.4) is 0 Å². The van der Waals surface area contributed by atoms with Gasteiger partial charge in [0.15, 0.2) is 11.5 Å². The van der Waals surface area contributed by atoms with Crippen LogP contribution in [-0.4, -0.2) is 24.5 Å². The van der Waals surface area contributed by atoms with Gasteiger partial charge in [0.1, 0.15) is 11.9 Å². The summed E-state index contributed by atoms with van der Waals surface area (Å²) in [5, 5.41) is 3.48. The Morgan fingerprint density at radius 1 is 1.21 bits per heavy atom. The molecule has 1 aliphatic heterocycles. The van der Waals surface area contributed by atoms with Gasteiger partial charge in [0.25, 0.3) is 5.91 Å². The molecule has 1 N–H and O–H groups in total. The minimum atomic E-state index is -0.400. The van der Waals surface area contributed by atoms with E-state index < -0.39 is 6.17 Å². The number of amides is 1. The lowest BCUT2D eigenvalue weighted by atomic mass is 10.0. The topological polar surface area (TPSA) is 63.9 Å². The Morgan fingerprint density at radius 3 is 2.76 bits per heavy atom. The molecular formula is C22H21BrN2O4. The SMILES string of the molecule is CCOc1c(Br)cc(C2Nc3ccccc3C(=O)N2Cc2ccco2)cc1OC. The van der Waals surface area contributed by atoms with E-state index in [0.29, 0.717) is 36.0 Å². The van der Waals surface area contributed by atoms with Crippen LogP contribution < -0.4 is 14.8 Å². The van der Waals surface area contributed by atoms with E-state index in [4.69, 9.17) is 13.9 Å². The molecule has 1 aromatic heterocycles. The molecule has 1 unspecified atom stereocenters. The van der Waals surface area contributed by atoms with Crippen molar-refractivity contribution in [1.82, 2.24) is 4.90 Å². The molecule has 7 heteroatoms. The molecule has 0 aliphatic carbocycles. The average Bonchev–Trinajstić information content (AvgIpc) is 3.24. The van der Waals surface area contributed by atoms with Crippen molar-refractivity contribution in [1.29, 1.82) is 0 Å². The molecule has 1 amide bonds. The highest BCUT2D eigenvalue weighted by Gasteiger charge is 2.34. The second kappa shape index (κ2) is 8.21. The number of hydrogen-bond acceptors (Lipinski definition) is 5. The lowest BCUT2D eigenvalue weighted by Crippen LogP contribution is -2.42. The van der Waals surface area contributed by atoms with E-state index in [-0.39, 0.29) is 5.91 Å². The first-order valence-corrected chi connectivity index (χ1v) is 10.1. The largest absolute Gasteiger partial charge is 0.493 e. The highest BCUT2D eigenvalue weighted by molar-refractivity contribution is 9.10. The summed E-state index contributed by atoms with van der Waals surface area (Å²) in [5.74, 6) is 1.88. The molecule has 1 aliphatic rings. The third-order valence-electron chi connectivity index (χ3n) is 4.78. The summed E-state index contributed by atoms with van der Waals surface area (Å²) in [6, 6.07) is 15.0. The van der Waals surface area contributed by atoms with Gasteiger partial charge in [-0.05, 0) is 64.8 Å². The van der Waals surface area contributed by atoms with E-state index in [1.807, 2.05) is 55.5 Å². The molecule has 1 atom stereocenters. The minimum Gasteiger partial charge on any atom is -0.493 e. The summed E-state index contributed by atoms with van der Waals surface area (Å²) in [5.41, 5.74) is 2.29. The molecule has 4 rings (SSSR count). The van der Waals surface area contributed by atoms with Crippen molar-refractivity contribution in [2.45, 2.75) is 19.6 Å². The number of benzene rings is 2. The van der Waals surface area contributed by atoms with Gasteiger partial charge in [-0.25, -0.2) is 0 Å². The van der Waals surface area contributed by atoms with Crippen molar-refractivity contribution in [3.05, 3.63) is 76.2 Å². The van der Waals surface area contributed by atoms with E-state index in [2.05, 4.69) is 21.2 Å². The Hall–Kier alpha value is -2.93. The van der Waals surface area contributed by atoms with Gasteiger partial charge in [-0.1, -0.05) is 12.1 Å². The normalized spacial score (nSPS) is 15.6. The fraction of sp³-hybridized carbons (Fsp3) is 0.227. The van der Waals surface area contributed by atoms with Crippen LogP contribution in [0.4, 0.5) is 5.69 Å². The van der Waals surface area contributed by atoms with E-state index in [1.54, 1.807) is 18.3 Å². The van der Waals surface area contributed by atoms with Gasteiger partial charge < -0.3 is 24.1 Å². The van der Waals surface area contributed by atoms with Crippen LogP contribution in [-0.2, 0) is 6.54 Å². The Bertz CT molecular complexity index is 1020. The van der Waals surface area contributed by atoms with Crippen LogP contribution >= 0.6 is 15.9 Å². The molecule has 2 aromatic carbocycles. The first-order valence-electron chi connectivity index (χ1n) is 9.31. The van der Waals surface area contributed by atoms with Crippen molar-refractivity contribution in [3.8, 4) is 11.5 Å². The predicted octanol–water partition coefficient (Wildman–Crippen LogP) is 5.22. The molecule has 0 saturated carbocycles. The van der Waals surface area contributed by atoms with Crippen molar-refractivity contribution < 1.29 is 18.7 Å². The Labute approximate surface area is 177 Å². The molecule has 2 heterocycles. The minimum absolute atomic E-state index is 0.0651. The molecule has 0 radical (unpaired) electrons. The van der Waals surface area contributed by atoms with Gasteiger partial charge in [-0.2, -0.15) is 0 Å². The first-order chi connectivity index (χ1) is 14.1. The third-order valence-corrected chi connectivity index (χ3v) is 5.37. The van der Waals surface area contributed by atoms with Gasteiger partial charge in [0.05, 0.1) is 36.6 Å². The van der Waals surface area contributed by atoms with Crippen molar-refractivity contribution in [2.24, 2.45) is 0 Å². The van der Waals surface area contributed by atoms with Crippen molar-refractivity contribution >= 4 is 27.5 Å². The number of fused-ring (bicyclic) bond motifs is 1. The molecule has 0 fully saturated rings. The Kier molecular flexibility index (Phi) is 5.49. The summed E-state index contributed by atoms with van der Waals surface area (Å²) in [6.45, 7) is 2.78. The maximum atomic E-state index is 13.3. The number of hydrogen-bond donors (Lipinski definition) is 1. The molecule has 0 bridgehead atoms. The second-order valence-corrected chi connectivity index (χ2v) is 7.43. The van der Waals surface area contributed by atoms with Gasteiger partial charge in [0.2, 0.25) is 0 Å². The second-order valence-electron chi connectivity index (χ2n) is 6.57. The van der Waals surface area contributed by atoms with Crippen LogP contribution in [0.25, 0.3) is 0 Å². The number of anilines is 1. The molecule has 29 heavy (non-hydrogen) atoms. The zero-order chi connectivity index (χ0) is 20.4. The third kappa shape index (κ3) is 3.70. The number of carbonyl (C=O) groups is 1. The zero-order valence-electron chi connectivity index (χ0n) is 16.1. The lowest BCUT2D eigenvalue weighted by molar-refractivity contribution is 0.0651. The van der Waals surface area contributed by atoms with E-state index in [1.165, 1.54) is 0 Å². The van der Waals surface area contributed by atoms with Crippen LogP contribution in [0.2, 0.25) is 0 Å².